The lowest BCUT2D eigenvalue weighted by atomic mass is 10.1. The number of nitrogens with zero attached hydrogens (tertiary/aromatic N) is 1. The van der Waals surface area contributed by atoms with Crippen LogP contribution < -0.4 is 0 Å². The van der Waals surface area contributed by atoms with Gasteiger partial charge in [-0.1, -0.05) is 26.3 Å². The number of rotatable bonds is 5. The van der Waals surface area contributed by atoms with Crippen molar-refractivity contribution in [3.8, 4) is 0 Å². The van der Waals surface area contributed by atoms with Crippen molar-refractivity contribution in [1.82, 2.24) is 4.90 Å². The molecule has 0 bridgehead atoms. The van der Waals surface area contributed by atoms with Crippen molar-refractivity contribution in [3.05, 3.63) is 12.7 Å². The van der Waals surface area contributed by atoms with E-state index in [1.54, 1.807) is 11.0 Å². The third kappa shape index (κ3) is 3.56. The summed E-state index contributed by atoms with van der Waals surface area (Å²) in [5, 5.41) is 0. The maximum atomic E-state index is 11.4. The van der Waals surface area contributed by atoms with Gasteiger partial charge in [0.05, 0.1) is 5.92 Å². The number of unbranched alkanes of at least 4 members (excludes halogenated alkanes) is 1. The van der Waals surface area contributed by atoms with Gasteiger partial charge in [0.2, 0.25) is 5.91 Å². The molecule has 0 N–H and O–H groups in total. The van der Waals surface area contributed by atoms with Crippen molar-refractivity contribution in [2.24, 2.45) is 5.92 Å². The van der Waals surface area contributed by atoms with Gasteiger partial charge in [0.15, 0.2) is 0 Å². The molecule has 0 fully saturated rings. The summed E-state index contributed by atoms with van der Waals surface area (Å²) in [5.41, 5.74) is 0. The first-order valence-electron chi connectivity index (χ1n) is 4.51. The Morgan fingerprint density at radius 2 is 2.25 bits per heavy atom. The number of carbonyl (C=O) groups excluding carboxylic acids is 1. The summed E-state index contributed by atoms with van der Waals surface area (Å²) in [7, 11) is 1.85. The predicted molar refractivity (Wildman–Crippen MR) is 51.9 cm³/mol. The maximum Gasteiger partial charge on any atom is 0.228 e. The minimum Gasteiger partial charge on any atom is -0.345 e. The van der Waals surface area contributed by atoms with E-state index in [2.05, 4.69) is 13.5 Å². The van der Waals surface area contributed by atoms with Crippen LogP contribution in [-0.2, 0) is 4.79 Å². The first-order chi connectivity index (χ1) is 5.63. The van der Waals surface area contributed by atoms with Gasteiger partial charge in [-0.25, -0.2) is 0 Å². The topological polar surface area (TPSA) is 20.3 Å². The number of carbonyl (C=O) groups is 1. The van der Waals surface area contributed by atoms with Crippen LogP contribution in [0.15, 0.2) is 12.7 Å². The second-order valence-electron chi connectivity index (χ2n) is 3.14. The Morgan fingerprint density at radius 3 is 2.67 bits per heavy atom. The van der Waals surface area contributed by atoms with E-state index in [4.69, 9.17) is 0 Å². The molecular formula is C10H19NO. The SMILES string of the molecule is C=CC(C)C(=O)N(C)CCCC. The molecule has 0 aliphatic rings. The average Bonchev–Trinajstić information content (AvgIpc) is 2.11. The molecule has 0 saturated heterocycles. The number of hydrogen-bond donors (Lipinski definition) is 0. The van der Waals surface area contributed by atoms with E-state index in [-0.39, 0.29) is 11.8 Å². The Bertz CT molecular complexity index is 154. The van der Waals surface area contributed by atoms with Crippen LogP contribution in [0.3, 0.4) is 0 Å². The normalized spacial score (nSPS) is 12.2. The standard InChI is InChI=1S/C10H19NO/c1-5-7-8-11(4)10(12)9(3)6-2/h6,9H,2,5,7-8H2,1,3-4H3. The maximum absolute atomic E-state index is 11.4. The molecule has 0 saturated carbocycles. The molecule has 0 rings (SSSR count). The minimum absolute atomic E-state index is 0.0492. The lowest BCUT2D eigenvalue weighted by molar-refractivity contribution is -0.132. The summed E-state index contributed by atoms with van der Waals surface area (Å²) in [6, 6.07) is 0. The third-order valence-electron chi connectivity index (χ3n) is 1.97. The monoisotopic (exact) mass is 169 g/mol. The molecule has 1 amide bonds. The second-order valence-corrected chi connectivity index (χ2v) is 3.14. The Hall–Kier alpha value is -0.790. The zero-order chi connectivity index (χ0) is 9.56. The lowest BCUT2D eigenvalue weighted by Gasteiger charge is -2.18. The Morgan fingerprint density at radius 1 is 1.67 bits per heavy atom. The highest BCUT2D eigenvalue weighted by molar-refractivity contribution is 5.79. The molecule has 0 aliphatic carbocycles. The zero-order valence-electron chi connectivity index (χ0n) is 8.34. The van der Waals surface area contributed by atoms with E-state index in [9.17, 15) is 4.79 Å². The molecule has 0 aromatic rings. The minimum atomic E-state index is -0.0492. The van der Waals surface area contributed by atoms with Crippen LogP contribution in [0.5, 0.6) is 0 Å². The summed E-state index contributed by atoms with van der Waals surface area (Å²) < 4.78 is 0. The quantitative estimate of drug-likeness (QED) is 0.577. The summed E-state index contributed by atoms with van der Waals surface area (Å²) in [5.74, 6) is 0.116. The van der Waals surface area contributed by atoms with Gasteiger partial charge in [0.25, 0.3) is 0 Å². The van der Waals surface area contributed by atoms with Gasteiger partial charge in [-0.05, 0) is 6.42 Å². The highest BCUT2D eigenvalue weighted by Crippen LogP contribution is 2.02. The second kappa shape index (κ2) is 5.81. The van der Waals surface area contributed by atoms with E-state index >= 15 is 0 Å². The average molecular weight is 169 g/mol. The highest BCUT2D eigenvalue weighted by atomic mass is 16.2. The molecule has 0 aliphatic heterocycles. The summed E-state index contributed by atoms with van der Waals surface area (Å²) >= 11 is 0. The van der Waals surface area contributed by atoms with E-state index in [1.165, 1.54) is 0 Å². The van der Waals surface area contributed by atoms with E-state index in [1.807, 2.05) is 14.0 Å². The molecule has 0 aromatic heterocycles. The van der Waals surface area contributed by atoms with E-state index in [0.29, 0.717) is 0 Å². The zero-order valence-corrected chi connectivity index (χ0v) is 8.34. The molecule has 0 aromatic carbocycles. The highest BCUT2D eigenvalue weighted by Gasteiger charge is 2.12. The van der Waals surface area contributed by atoms with E-state index < -0.39 is 0 Å². The molecule has 0 spiro atoms. The van der Waals surface area contributed by atoms with Gasteiger partial charge in [0.1, 0.15) is 0 Å². The van der Waals surface area contributed by atoms with Crippen molar-refractivity contribution in [2.45, 2.75) is 26.7 Å². The van der Waals surface area contributed by atoms with Crippen molar-refractivity contribution < 1.29 is 4.79 Å². The molecule has 2 heteroatoms. The molecule has 0 radical (unpaired) electrons. The van der Waals surface area contributed by atoms with Gasteiger partial charge in [-0.3, -0.25) is 4.79 Å². The molecule has 0 heterocycles. The van der Waals surface area contributed by atoms with Crippen LogP contribution in [0, 0.1) is 5.92 Å². The molecule has 1 unspecified atom stereocenters. The van der Waals surface area contributed by atoms with Crippen LogP contribution in [0.4, 0.5) is 0 Å². The van der Waals surface area contributed by atoms with Crippen LogP contribution in [0.2, 0.25) is 0 Å². The summed E-state index contributed by atoms with van der Waals surface area (Å²) in [4.78, 5) is 13.2. The largest absolute Gasteiger partial charge is 0.345 e. The lowest BCUT2D eigenvalue weighted by Crippen LogP contribution is -2.31. The smallest absolute Gasteiger partial charge is 0.228 e. The Kier molecular flexibility index (Phi) is 5.43. The molecule has 1 atom stereocenters. The molecule has 70 valence electrons. The fourth-order valence-electron chi connectivity index (χ4n) is 0.954. The molecule has 2 nitrogen and oxygen atoms in total. The fraction of sp³-hybridized carbons (Fsp3) is 0.700. The predicted octanol–water partition coefficient (Wildman–Crippen LogP) is 2.07. The summed E-state index contributed by atoms with van der Waals surface area (Å²) in [6.45, 7) is 8.44. The van der Waals surface area contributed by atoms with E-state index in [0.717, 1.165) is 19.4 Å². The van der Waals surface area contributed by atoms with Gasteiger partial charge >= 0.3 is 0 Å². The van der Waals surface area contributed by atoms with Crippen LogP contribution in [-0.4, -0.2) is 24.4 Å². The van der Waals surface area contributed by atoms with Gasteiger partial charge in [0, 0.05) is 13.6 Å². The summed E-state index contributed by atoms with van der Waals surface area (Å²) in [6.07, 6.45) is 3.89. The van der Waals surface area contributed by atoms with Crippen molar-refractivity contribution in [2.75, 3.05) is 13.6 Å². The van der Waals surface area contributed by atoms with Gasteiger partial charge < -0.3 is 4.90 Å². The van der Waals surface area contributed by atoms with Crippen LogP contribution in [0.25, 0.3) is 0 Å². The van der Waals surface area contributed by atoms with Crippen molar-refractivity contribution in [3.63, 3.8) is 0 Å². The molecule has 12 heavy (non-hydrogen) atoms. The Balaban J connectivity index is 3.83. The van der Waals surface area contributed by atoms with Crippen LogP contribution in [0.1, 0.15) is 26.7 Å². The van der Waals surface area contributed by atoms with Gasteiger partial charge in [-0.2, -0.15) is 0 Å². The number of amides is 1. The first-order valence-corrected chi connectivity index (χ1v) is 4.51. The first kappa shape index (κ1) is 11.2. The van der Waals surface area contributed by atoms with Crippen LogP contribution >= 0.6 is 0 Å². The third-order valence-corrected chi connectivity index (χ3v) is 1.97. The fourth-order valence-corrected chi connectivity index (χ4v) is 0.954. The van der Waals surface area contributed by atoms with Crippen molar-refractivity contribution in [1.29, 1.82) is 0 Å². The van der Waals surface area contributed by atoms with Crippen molar-refractivity contribution >= 4 is 5.91 Å². The number of hydrogen-bond acceptors (Lipinski definition) is 1. The Labute approximate surface area is 75.3 Å². The molecular weight excluding hydrogens is 150 g/mol. The van der Waals surface area contributed by atoms with Gasteiger partial charge in [-0.15, -0.1) is 6.58 Å².